The highest BCUT2D eigenvalue weighted by Gasteiger charge is 2.38. The SMILES string of the molecule is CC1(C)c2ccccc2-n2cnc3cccc1c32.CI.C[n+]1cn2c3c(cccc31)C(C)(C)c1ccccc1-2.[I-]. The molecule has 0 fully saturated rings. The summed E-state index contributed by atoms with van der Waals surface area (Å²) in [6.45, 7) is 9.21. The number of aryl methyl sites for hydroxylation is 1. The molecular formula is C34H34I2N4. The average molecular weight is 752 g/mol. The van der Waals surface area contributed by atoms with Crippen LogP contribution in [0.1, 0.15) is 49.9 Å². The lowest BCUT2D eigenvalue weighted by Gasteiger charge is -2.33. The number of nitrogens with zero attached hydrogens (tertiary/aromatic N) is 4. The summed E-state index contributed by atoms with van der Waals surface area (Å²) in [7, 11) is 2.11. The molecule has 0 saturated carbocycles. The van der Waals surface area contributed by atoms with Crippen LogP contribution in [0.15, 0.2) is 97.6 Å². The van der Waals surface area contributed by atoms with Crippen LogP contribution in [-0.2, 0) is 17.9 Å². The van der Waals surface area contributed by atoms with Crippen LogP contribution in [0.5, 0.6) is 0 Å². The minimum Gasteiger partial charge on any atom is -1.00 e. The smallest absolute Gasteiger partial charge is 0.249 e. The van der Waals surface area contributed by atoms with E-state index in [1.54, 1.807) is 0 Å². The predicted octanol–water partition coefficient (Wildman–Crippen LogP) is 4.81. The number of halogens is 2. The number of alkyl halides is 1. The normalized spacial score (nSPS) is 14.6. The molecule has 0 unspecified atom stereocenters. The fourth-order valence-corrected chi connectivity index (χ4v) is 6.52. The lowest BCUT2D eigenvalue weighted by molar-refractivity contribution is -0.645. The van der Waals surface area contributed by atoms with E-state index in [9.17, 15) is 0 Å². The highest BCUT2D eigenvalue weighted by atomic mass is 127. The summed E-state index contributed by atoms with van der Waals surface area (Å²) < 4.78 is 6.74. The van der Waals surface area contributed by atoms with Crippen molar-refractivity contribution in [1.82, 2.24) is 14.1 Å². The number of aromatic nitrogens is 4. The van der Waals surface area contributed by atoms with Crippen LogP contribution < -0.4 is 28.5 Å². The summed E-state index contributed by atoms with van der Waals surface area (Å²) in [6.07, 6.45) is 4.12. The zero-order valence-corrected chi connectivity index (χ0v) is 28.1. The molecule has 0 atom stereocenters. The van der Waals surface area contributed by atoms with Gasteiger partial charge in [0.05, 0.1) is 23.8 Å². The van der Waals surface area contributed by atoms with Crippen LogP contribution in [-0.4, -0.2) is 19.0 Å². The van der Waals surface area contributed by atoms with E-state index in [-0.39, 0.29) is 34.8 Å². The van der Waals surface area contributed by atoms with Crippen molar-refractivity contribution >= 4 is 44.7 Å². The Balaban J connectivity index is 0.000000149. The van der Waals surface area contributed by atoms with Crippen LogP contribution in [0.25, 0.3) is 33.4 Å². The summed E-state index contributed by atoms with van der Waals surface area (Å²) in [5, 5.41) is 0. The van der Waals surface area contributed by atoms with Crippen LogP contribution in [0.4, 0.5) is 0 Å². The van der Waals surface area contributed by atoms with E-state index in [2.05, 4.69) is 167 Å². The summed E-state index contributed by atoms with van der Waals surface area (Å²) in [6, 6.07) is 30.3. The fraction of sp³-hybridized carbons (Fsp3) is 0.235. The van der Waals surface area contributed by atoms with Gasteiger partial charge in [-0.1, -0.05) is 111 Å². The molecule has 0 amide bonds. The first kappa shape index (κ1) is 28.8. The molecule has 0 saturated heterocycles. The van der Waals surface area contributed by atoms with Gasteiger partial charge in [0.25, 0.3) is 0 Å². The third-order valence-corrected chi connectivity index (χ3v) is 8.51. The maximum absolute atomic E-state index is 4.52. The van der Waals surface area contributed by atoms with Crippen LogP contribution >= 0.6 is 22.6 Å². The molecular weight excluding hydrogens is 718 g/mol. The standard InChI is InChI=1S/C17H17N2.C16H14N2.CH3I.HI/c1-17(2)12-7-4-5-9-14(12)19-11-18(3)15-10-6-8-13(17)16(15)19;1-16(2)11-6-3-4-9-14(11)18-10-17-13-8-5-7-12(16)15(13)18;1-2;/h4-11H,1-3H3;3-10H,1-2H3;1H3;1H/q+1;;;/p-1. The highest BCUT2D eigenvalue weighted by molar-refractivity contribution is 14.1. The van der Waals surface area contributed by atoms with Gasteiger partial charge in [0.1, 0.15) is 12.0 Å². The number of para-hydroxylation sites is 4. The van der Waals surface area contributed by atoms with E-state index in [0.29, 0.717) is 0 Å². The maximum atomic E-state index is 4.52. The first-order valence-electron chi connectivity index (χ1n) is 13.3. The molecule has 0 N–H and O–H groups in total. The molecule has 0 aliphatic carbocycles. The predicted molar refractivity (Wildman–Crippen MR) is 170 cm³/mol. The Kier molecular flexibility index (Phi) is 7.63. The molecule has 204 valence electrons. The van der Waals surface area contributed by atoms with Crippen molar-refractivity contribution in [1.29, 1.82) is 0 Å². The van der Waals surface area contributed by atoms with Gasteiger partial charge in [0, 0.05) is 22.0 Å². The molecule has 6 aromatic rings. The Morgan fingerprint density at radius 2 is 1.12 bits per heavy atom. The van der Waals surface area contributed by atoms with E-state index < -0.39 is 0 Å². The summed E-state index contributed by atoms with van der Waals surface area (Å²) in [5.74, 6) is 0. The van der Waals surface area contributed by atoms with Crippen LogP contribution in [0.2, 0.25) is 0 Å². The molecule has 2 aromatic heterocycles. The zero-order chi connectivity index (χ0) is 27.5. The Bertz CT molecular complexity index is 1860. The Hall–Kier alpha value is -2.72. The molecule has 0 spiro atoms. The van der Waals surface area contributed by atoms with Crippen molar-refractivity contribution in [2.75, 3.05) is 4.93 Å². The van der Waals surface area contributed by atoms with E-state index in [0.717, 1.165) is 5.52 Å². The number of hydrogen-bond acceptors (Lipinski definition) is 1. The molecule has 4 heterocycles. The second-order valence-electron chi connectivity index (χ2n) is 11.3. The monoisotopic (exact) mass is 752 g/mol. The third-order valence-electron chi connectivity index (χ3n) is 8.51. The number of benzene rings is 4. The number of hydrogen-bond donors (Lipinski definition) is 0. The van der Waals surface area contributed by atoms with E-state index in [1.165, 1.54) is 50.2 Å². The molecule has 4 aromatic carbocycles. The van der Waals surface area contributed by atoms with Crippen molar-refractivity contribution in [2.24, 2.45) is 7.05 Å². The third kappa shape index (κ3) is 4.12. The Morgan fingerprint density at radius 3 is 1.75 bits per heavy atom. The maximum Gasteiger partial charge on any atom is 0.249 e. The van der Waals surface area contributed by atoms with Crippen LogP contribution in [0, 0.1) is 0 Å². The first-order chi connectivity index (χ1) is 18.8. The molecule has 0 radical (unpaired) electrons. The minimum atomic E-state index is 0. The largest absolute Gasteiger partial charge is 1.00 e. The van der Waals surface area contributed by atoms with Crippen molar-refractivity contribution in [3.63, 3.8) is 0 Å². The van der Waals surface area contributed by atoms with Crippen LogP contribution in [0.3, 0.4) is 0 Å². The van der Waals surface area contributed by atoms with E-state index >= 15 is 0 Å². The van der Waals surface area contributed by atoms with Gasteiger partial charge in [0.2, 0.25) is 6.33 Å². The van der Waals surface area contributed by atoms with Crippen molar-refractivity contribution in [3.8, 4) is 11.4 Å². The van der Waals surface area contributed by atoms with Gasteiger partial charge in [-0.15, -0.1) is 0 Å². The number of imidazole rings is 2. The molecule has 2 aliphatic heterocycles. The summed E-state index contributed by atoms with van der Waals surface area (Å²) in [4.78, 5) is 6.49. The molecule has 4 nitrogen and oxygen atoms in total. The van der Waals surface area contributed by atoms with Gasteiger partial charge < -0.3 is 24.0 Å². The Labute approximate surface area is 267 Å². The highest BCUT2D eigenvalue weighted by Crippen LogP contribution is 2.44. The fourth-order valence-electron chi connectivity index (χ4n) is 6.52. The van der Waals surface area contributed by atoms with Crippen molar-refractivity contribution < 1.29 is 28.5 Å². The molecule has 2 aliphatic rings. The minimum absolute atomic E-state index is 0. The number of rotatable bonds is 0. The van der Waals surface area contributed by atoms with Gasteiger partial charge in [0.15, 0.2) is 11.0 Å². The molecule has 8 rings (SSSR count). The molecule has 0 bridgehead atoms. The number of fused-ring (bicyclic) bond motifs is 4. The first-order valence-corrected chi connectivity index (χ1v) is 15.5. The van der Waals surface area contributed by atoms with Gasteiger partial charge in [-0.2, -0.15) is 4.57 Å². The van der Waals surface area contributed by atoms with Crippen molar-refractivity contribution in [2.45, 2.75) is 38.5 Å². The van der Waals surface area contributed by atoms with E-state index in [1.807, 2.05) is 11.3 Å². The zero-order valence-electron chi connectivity index (χ0n) is 23.8. The average Bonchev–Trinajstić information content (AvgIpc) is 3.55. The molecule has 40 heavy (non-hydrogen) atoms. The second-order valence-corrected chi connectivity index (χ2v) is 11.3. The molecule has 6 heteroatoms. The van der Waals surface area contributed by atoms with Gasteiger partial charge in [-0.05, 0) is 40.3 Å². The van der Waals surface area contributed by atoms with Gasteiger partial charge in [-0.25, -0.2) is 9.55 Å². The quantitative estimate of drug-likeness (QED) is 0.124. The van der Waals surface area contributed by atoms with Gasteiger partial charge in [-0.3, -0.25) is 4.57 Å². The topological polar surface area (TPSA) is 26.6 Å². The summed E-state index contributed by atoms with van der Waals surface area (Å²) in [5.41, 5.74) is 13.1. The van der Waals surface area contributed by atoms with Crippen molar-refractivity contribution in [3.05, 3.63) is 120 Å². The second kappa shape index (κ2) is 10.6. The summed E-state index contributed by atoms with van der Waals surface area (Å²) >= 11 is 2.15. The van der Waals surface area contributed by atoms with Gasteiger partial charge >= 0.3 is 0 Å². The Morgan fingerprint density at radius 1 is 0.625 bits per heavy atom. The lowest BCUT2D eigenvalue weighted by atomic mass is 9.75. The van der Waals surface area contributed by atoms with E-state index in [4.69, 9.17) is 0 Å². The lowest BCUT2D eigenvalue weighted by Crippen LogP contribution is -3.00.